The molecule has 0 aliphatic heterocycles. The number of carbonyl (C=O) groups excluding carboxylic acids is 1. The van der Waals surface area contributed by atoms with E-state index in [0.717, 1.165) is 0 Å². The molecule has 0 spiro atoms. The largest absolute Gasteiger partial charge is 0.481 e. The molecule has 0 aromatic rings. The van der Waals surface area contributed by atoms with Crippen molar-refractivity contribution in [1.82, 2.24) is 5.32 Å². The lowest BCUT2D eigenvalue weighted by Crippen LogP contribution is -2.41. The third-order valence-corrected chi connectivity index (χ3v) is 1.90. The van der Waals surface area contributed by atoms with E-state index in [1.165, 1.54) is 0 Å². The Hall–Kier alpha value is -1.63. The fourth-order valence-corrected chi connectivity index (χ4v) is 1.07. The van der Waals surface area contributed by atoms with Gasteiger partial charge in [0.2, 0.25) is 5.91 Å². The number of carboxylic acid groups (broad SMARTS) is 2. The van der Waals surface area contributed by atoms with Crippen molar-refractivity contribution in [2.45, 2.75) is 31.7 Å². The summed E-state index contributed by atoms with van der Waals surface area (Å²) in [4.78, 5) is 32.0. The molecule has 0 unspecified atom stereocenters. The van der Waals surface area contributed by atoms with Gasteiger partial charge in [0.1, 0.15) is 6.04 Å². The molecule has 0 saturated heterocycles. The van der Waals surface area contributed by atoms with E-state index in [2.05, 4.69) is 5.32 Å². The minimum atomic E-state index is -1.14. The van der Waals surface area contributed by atoms with Crippen LogP contribution < -0.4 is 11.1 Å². The van der Waals surface area contributed by atoms with Crippen molar-refractivity contribution in [2.75, 3.05) is 6.54 Å². The van der Waals surface area contributed by atoms with Crippen LogP contribution in [0.3, 0.4) is 0 Å². The second kappa shape index (κ2) is 7.63. The van der Waals surface area contributed by atoms with Crippen LogP contribution in [-0.4, -0.2) is 40.6 Å². The first-order valence-electron chi connectivity index (χ1n) is 4.91. The van der Waals surface area contributed by atoms with Crippen LogP contribution >= 0.6 is 0 Å². The molecule has 7 heteroatoms. The van der Waals surface area contributed by atoms with E-state index >= 15 is 0 Å². The Morgan fingerprint density at radius 3 is 2.25 bits per heavy atom. The molecule has 0 aliphatic carbocycles. The van der Waals surface area contributed by atoms with Crippen molar-refractivity contribution in [2.24, 2.45) is 5.73 Å². The standard InChI is InChI=1S/C9H16N2O5/c10-5-1-2-6(9(15)16)11-7(12)3-4-8(13)14/h6H,1-5,10H2,(H,11,12)(H,13,14)(H,15,16)/t6-/m1/s1. The molecule has 0 fully saturated rings. The average Bonchev–Trinajstić information content (AvgIpc) is 2.20. The van der Waals surface area contributed by atoms with Gasteiger partial charge in [0.25, 0.3) is 0 Å². The van der Waals surface area contributed by atoms with Crippen LogP contribution in [0.4, 0.5) is 0 Å². The Bertz CT molecular complexity index is 267. The molecule has 0 aliphatic rings. The Morgan fingerprint density at radius 2 is 1.81 bits per heavy atom. The second-order valence-electron chi connectivity index (χ2n) is 3.28. The van der Waals surface area contributed by atoms with Gasteiger partial charge in [-0.05, 0) is 19.4 Å². The zero-order valence-electron chi connectivity index (χ0n) is 8.81. The Labute approximate surface area is 92.6 Å². The van der Waals surface area contributed by atoms with Gasteiger partial charge in [-0.1, -0.05) is 0 Å². The first-order valence-corrected chi connectivity index (χ1v) is 4.91. The number of rotatable bonds is 8. The van der Waals surface area contributed by atoms with Crippen LogP contribution in [0.25, 0.3) is 0 Å². The van der Waals surface area contributed by atoms with Crippen LogP contribution in [0.5, 0.6) is 0 Å². The molecule has 0 saturated carbocycles. The van der Waals surface area contributed by atoms with Gasteiger partial charge in [-0.25, -0.2) is 4.79 Å². The number of nitrogens with one attached hydrogen (secondary N) is 1. The monoisotopic (exact) mass is 232 g/mol. The molecular weight excluding hydrogens is 216 g/mol. The van der Waals surface area contributed by atoms with Gasteiger partial charge >= 0.3 is 11.9 Å². The summed E-state index contributed by atoms with van der Waals surface area (Å²) >= 11 is 0. The van der Waals surface area contributed by atoms with E-state index in [9.17, 15) is 14.4 Å². The minimum absolute atomic E-state index is 0.220. The highest BCUT2D eigenvalue weighted by molar-refractivity contribution is 5.85. The summed E-state index contributed by atoms with van der Waals surface area (Å²) in [7, 11) is 0. The molecule has 0 radical (unpaired) electrons. The summed E-state index contributed by atoms with van der Waals surface area (Å²) in [5.41, 5.74) is 5.22. The lowest BCUT2D eigenvalue weighted by Gasteiger charge is -2.13. The molecule has 7 nitrogen and oxygen atoms in total. The van der Waals surface area contributed by atoms with Gasteiger partial charge < -0.3 is 21.3 Å². The topological polar surface area (TPSA) is 130 Å². The van der Waals surface area contributed by atoms with E-state index in [1.807, 2.05) is 0 Å². The van der Waals surface area contributed by atoms with Gasteiger partial charge in [0.15, 0.2) is 0 Å². The van der Waals surface area contributed by atoms with Gasteiger partial charge in [-0.2, -0.15) is 0 Å². The minimum Gasteiger partial charge on any atom is -0.481 e. The van der Waals surface area contributed by atoms with E-state index in [4.69, 9.17) is 15.9 Å². The Kier molecular flexibility index (Phi) is 6.86. The number of aliphatic carboxylic acids is 2. The summed E-state index contributed by atoms with van der Waals surface area (Å²) in [5.74, 6) is -2.81. The van der Waals surface area contributed by atoms with Crippen molar-refractivity contribution >= 4 is 17.8 Å². The summed E-state index contributed by atoms with van der Waals surface area (Å²) in [6, 6.07) is -0.996. The fourth-order valence-electron chi connectivity index (χ4n) is 1.07. The third-order valence-electron chi connectivity index (χ3n) is 1.90. The fraction of sp³-hybridized carbons (Fsp3) is 0.667. The number of hydrogen-bond acceptors (Lipinski definition) is 4. The molecule has 0 aromatic carbocycles. The predicted octanol–water partition coefficient (Wildman–Crippen LogP) is -0.840. The van der Waals surface area contributed by atoms with Crippen molar-refractivity contribution in [1.29, 1.82) is 0 Å². The molecule has 0 rings (SSSR count). The second-order valence-corrected chi connectivity index (χ2v) is 3.28. The Balaban J connectivity index is 4.02. The number of carbonyl (C=O) groups is 3. The van der Waals surface area contributed by atoms with E-state index in [0.29, 0.717) is 13.0 Å². The molecule has 1 atom stereocenters. The smallest absolute Gasteiger partial charge is 0.326 e. The zero-order chi connectivity index (χ0) is 12.6. The molecule has 92 valence electrons. The molecular formula is C9H16N2O5. The van der Waals surface area contributed by atoms with Crippen LogP contribution in [0.2, 0.25) is 0 Å². The summed E-state index contributed by atoms with van der Waals surface area (Å²) in [6.45, 7) is 0.342. The normalized spacial score (nSPS) is 11.8. The molecule has 0 bridgehead atoms. The molecule has 1 amide bonds. The molecule has 16 heavy (non-hydrogen) atoms. The highest BCUT2D eigenvalue weighted by Crippen LogP contribution is 1.98. The van der Waals surface area contributed by atoms with Gasteiger partial charge in [-0.3, -0.25) is 9.59 Å². The summed E-state index contributed by atoms with van der Waals surface area (Å²) in [6.07, 6.45) is 0.192. The zero-order valence-corrected chi connectivity index (χ0v) is 8.81. The quantitative estimate of drug-likeness (QED) is 0.431. The van der Waals surface area contributed by atoms with Gasteiger partial charge in [0.05, 0.1) is 6.42 Å². The van der Waals surface area contributed by atoms with Crippen LogP contribution in [0.15, 0.2) is 0 Å². The number of amides is 1. The van der Waals surface area contributed by atoms with Gasteiger partial charge in [-0.15, -0.1) is 0 Å². The maximum Gasteiger partial charge on any atom is 0.326 e. The summed E-state index contributed by atoms with van der Waals surface area (Å²) in [5, 5.41) is 19.3. The number of carboxylic acids is 2. The Morgan fingerprint density at radius 1 is 1.19 bits per heavy atom. The van der Waals surface area contributed by atoms with Crippen molar-refractivity contribution < 1.29 is 24.6 Å². The van der Waals surface area contributed by atoms with Crippen molar-refractivity contribution in [3.63, 3.8) is 0 Å². The number of nitrogens with two attached hydrogens (primary N) is 1. The van der Waals surface area contributed by atoms with Crippen LogP contribution in [0, 0.1) is 0 Å². The van der Waals surface area contributed by atoms with Crippen LogP contribution in [0.1, 0.15) is 25.7 Å². The van der Waals surface area contributed by atoms with E-state index < -0.39 is 23.9 Å². The number of hydrogen-bond donors (Lipinski definition) is 4. The SMILES string of the molecule is NCCC[C@@H](NC(=O)CCC(=O)O)C(=O)O. The highest BCUT2D eigenvalue weighted by Gasteiger charge is 2.19. The first-order chi connectivity index (χ1) is 7.47. The van der Waals surface area contributed by atoms with E-state index in [-0.39, 0.29) is 19.3 Å². The van der Waals surface area contributed by atoms with E-state index in [1.54, 1.807) is 0 Å². The van der Waals surface area contributed by atoms with Crippen LogP contribution in [-0.2, 0) is 14.4 Å². The maximum atomic E-state index is 11.2. The third kappa shape index (κ3) is 6.77. The van der Waals surface area contributed by atoms with Gasteiger partial charge in [0, 0.05) is 6.42 Å². The highest BCUT2D eigenvalue weighted by atomic mass is 16.4. The lowest BCUT2D eigenvalue weighted by molar-refractivity contribution is -0.142. The first kappa shape index (κ1) is 14.4. The predicted molar refractivity (Wildman–Crippen MR) is 54.7 cm³/mol. The maximum absolute atomic E-state index is 11.2. The average molecular weight is 232 g/mol. The molecule has 5 N–H and O–H groups in total. The van der Waals surface area contributed by atoms with Crippen molar-refractivity contribution in [3.8, 4) is 0 Å². The molecule has 0 aromatic heterocycles. The molecule has 0 heterocycles. The lowest BCUT2D eigenvalue weighted by atomic mass is 10.1. The van der Waals surface area contributed by atoms with Crippen molar-refractivity contribution in [3.05, 3.63) is 0 Å². The summed E-state index contributed by atoms with van der Waals surface area (Å²) < 4.78 is 0.